The van der Waals surface area contributed by atoms with E-state index in [9.17, 15) is 22.8 Å². The van der Waals surface area contributed by atoms with E-state index < -0.39 is 29.5 Å². The highest BCUT2D eigenvalue weighted by molar-refractivity contribution is 6.36. The van der Waals surface area contributed by atoms with E-state index in [1.54, 1.807) is 20.8 Å². The number of esters is 1. The van der Waals surface area contributed by atoms with Gasteiger partial charge in [0, 0.05) is 6.08 Å². The van der Waals surface area contributed by atoms with Gasteiger partial charge in [0.2, 0.25) is 0 Å². The number of carbonyl (C=O) groups is 2. The van der Waals surface area contributed by atoms with Gasteiger partial charge in [0.15, 0.2) is 5.69 Å². The van der Waals surface area contributed by atoms with E-state index in [0.29, 0.717) is 6.08 Å². The van der Waals surface area contributed by atoms with Crippen molar-refractivity contribution in [2.24, 2.45) is 0 Å². The lowest BCUT2D eigenvalue weighted by Gasteiger charge is -2.20. The van der Waals surface area contributed by atoms with Crippen molar-refractivity contribution in [1.29, 1.82) is 0 Å². The fraction of sp³-hybridized carbons (Fsp3) is 0.400. The van der Waals surface area contributed by atoms with Crippen molar-refractivity contribution in [1.82, 2.24) is 4.98 Å². The summed E-state index contributed by atoms with van der Waals surface area (Å²) in [6.07, 6.45) is -4.92. The third-order valence-corrected chi connectivity index (χ3v) is 2.82. The molecule has 0 atom stereocenters. The number of anilines is 1. The van der Waals surface area contributed by atoms with Crippen LogP contribution in [0.5, 0.6) is 0 Å². The van der Waals surface area contributed by atoms with Gasteiger partial charge in [0.25, 0.3) is 0 Å². The maximum atomic E-state index is 12.3. The van der Waals surface area contributed by atoms with Crippen LogP contribution in [0.2, 0.25) is 5.02 Å². The molecule has 138 valence electrons. The number of rotatable bonds is 3. The Hall–Kier alpha value is -2.29. The van der Waals surface area contributed by atoms with Crippen molar-refractivity contribution in [3.05, 3.63) is 28.6 Å². The second-order valence-corrected chi connectivity index (χ2v) is 6.13. The maximum absolute atomic E-state index is 12.3. The van der Waals surface area contributed by atoms with E-state index in [1.807, 2.05) is 0 Å². The Morgan fingerprint density at radius 2 is 1.88 bits per heavy atom. The van der Waals surface area contributed by atoms with Crippen LogP contribution in [0.4, 0.5) is 23.7 Å². The Bertz CT molecular complexity index is 697. The minimum absolute atomic E-state index is 0.0679. The van der Waals surface area contributed by atoms with Gasteiger partial charge in [-0.05, 0) is 32.9 Å². The molecule has 10 heteroatoms. The lowest BCUT2D eigenvalue weighted by atomic mass is 10.2. The molecule has 0 aliphatic rings. The lowest BCUT2D eigenvalue weighted by Crippen LogP contribution is -2.27. The molecule has 0 saturated heterocycles. The number of nitrogens with zero attached hydrogens (tertiary/aromatic N) is 1. The van der Waals surface area contributed by atoms with E-state index in [-0.39, 0.29) is 22.5 Å². The van der Waals surface area contributed by atoms with Gasteiger partial charge in [-0.1, -0.05) is 11.6 Å². The largest absolute Gasteiger partial charge is 0.464 e. The quantitative estimate of drug-likeness (QED) is 0.784. The summed E-state index contributed by atoms with van der Waals surface area (Å²) in [5.74, 6) is -0.973. The second kappa shape index (κ2) is 7.73. The Balaban J connectivity index is 3.28. The lowest BCUT2D eigenvalue weighted by molar-refractivity contribution is -0.0790. The number of hydrogen-bond donors (Lipinski definition) is 1. The van der Waals surface area contributed by atoms with Gasteiger partial charge in [-0.15, -0.1) is 0 Å². The van der Waals surface area contributed by atoms with Crippen molar-refractivity contribution in [2.45, 2.75) is 32.5 Å². The summed E-state index contributed by atoms with van der Waals surface area (Å²) in [7, 11) is 1.06. The van der Waals surface area contributed by atoms with E-state index in [0.717, 1.165) is 13.2 Å². The Morgan fingerprint density at radius 3 is 2.36 bits per heavy atom. The fourth-order valence-corrected chi connectivity index (χ4v) is 1.77. The number of amides is 1. The summed E-state index contributed by atoms with van der Waals surface area (Å²) in [4.78, 5) is 27.2. The zero-order chi connectivity index (χ0) is 19.4. The number of ether oxygens (including phenoxy) is 2. The summed E-state index contributed by atoms with van der Waals surface area (Å²) in [5, 5.41) is 1.98. The van der Waals surface area contributed by atoms with Gasteiger partial charge in [-0.3, -0.25) is 5.32 Å². The van der Waals surface area contributed by atoms with Gasteiger partial charge < -0.3 is 9.47 Å². The number of hydrogen-bond acceptors (Lipinski definition) is 5. The molecule has 0 aliphatic heterocycles. The topological polar surface area (TPSA) is 77.5 Å². The molecule has 0 fully saturated rings. The number of allylic oxidation sites excluding steroid dienone is 1. The SMILES string of the molecule is COC(=O)c1nc(/C=C\C(F)(F)F)cc(NC(=O)OC(C)(C)C)c1Cl. The van der Waals surface area contributed by atoms with Crippen LogP contribution in [0.25, 0.3) is 6.08 Å². The summed E-state index contributed by atoms with van der Waals surface area (Å²) in [6.45, 7) is 4.87. The van der Waals surface area contributed by atoms with Gasteiger partial charge in [0.1, 0.15) is 5.60 Å². The van der Waals surface area contributed by atoms with Gasteiger partial charge in [-0.25, -0.2) is 14.6 Å². The zero-order valence-corrected chi connectivity index (χ0v) is 14.6. The van der Waals surface area contributed by atoms with E-state index >= 15 is 0 Å². The molecule has 1 N–H and O–H groups in total. The second-order valence-electron chi connectivity index (χ2n) is 5.75. The first kappa shape index (κ1) is 20.8. The van der Waals surface area contributed by atoms with Crippen molar-refractivity contribution < 1.29 is 32.2 Å². The number of aromatic nitrogens is 1. The van der Waals surface area contributed by atoms with E-state index in [4.69, 9.17) is 16.3 Å². The van der Waals surface area contributed by atoms with Crippen LogP contribution < -0.4 is 5.32 Å². The molecule has 6 nitrogen and oxygen atoms in total. The Kier molecular flexibility index (Phi) is 6.42. The molecule has 0 bridgehead atoms. The minimum atomic E-state index is -4.58. The summed E-state index contributed by atoms with van der Waals surface area (Å²) >= 11 is 5.98. The normalized spacial score (nSPS) is 12.2. The van der Waals surface area contributed by atoms with Crippen molar-refractivity contribution in [3.63, 3.8) is 0 Å². The first-order valence-electron chi connectivity index (χ1n) is 6.87. The standard InChI is InChI=1S/C15H16ClF3N2O4/c1-14(2,3)25-13(23)21-9-7-8(5-6-15(17,18)19)20-11(10(9)16)12(22)24-4/h5-7H,1-4H3,(H,20,21,23)/b6-5-. The van der Waals surface area contributed by atoms with Crippen LogP contribution in [0.1, 0.15) is 37.0 Å². The highest BCUT2D eigenvalue weighted by Gasteiger charge is 2.24. The predicted octanol–water partition coefficient (Wildman–Crippen LogP) is 4.44. The van der Waals surface area contributed by atoms with Crippen LogP contribution in [-0.2, 0) is 9.47 Å². The first-order valence-corrected chi connectivity index (χ1v) is 7.25. The summed E-state index contributed by atoms with van der Waals surface area (Å²) in [6, 6.07) is 1.07. The molecule has 0 radical (unpaired) electrons. The zero-order valence-electron chi connectivity index (χ0n) is 13.8. The first-order chi connectivity index (χ1) is 11.3. The molecule has 1 heterocycles. The highest BCUT2D eigenvalue weighted by Crippen LogP contribution is 2.28. The van der Waals surface area contributed by atoms with E-state index in [2.05, 4.69) is 15.0 Å². The molecule has 0 unspecified atom stereocenters. The van der Waals surface area contributed by atoms with Gasteiger partial charge >= 0.3 is 18.2 Å². The molecule has 0 spiro atoms. The average Bonchev–Trinajstić information content (AvgIpc) is 2.44. The monoisotopic (exact) mass is 380 g/mol. The van der Waals surface area contributed by atoms with Crippen LogP contribution in [0.3, 0.4) is 0 Å². The van der Waals surface area contributed by atoms with E-state index in [1.165, 1.54) is 0 Å². The molecule has 1 amide bonds. The molecular formula is C15H16ClF3N2O4. The molecule has 0 aliphatic carbocycles. The predicted molar refractivity (Wildman–Crippen MR) is 85.5 cm³/mol. The summed E-state index contributed by atoms with van der Waals surface area (Å²) in [5.41, 5.74) is -1.66. The average molecular weight is 381 g/mol. The number of methoxy groups -OCH3 is 1. The number of halogens is 4. The molecule has 1 rings (SSSR count). The fourth-order valence-electron chi connectivity index (χ4n) is 1.55. The number of alkyl halides is 3. The van der Waals surface area contributed by atoms with Crippen LogP contribution in [0, 0.1) is 0 Å². The van der Waals surface area contributed by atoms with Gasteiger partial charge in [0.05, 0.1) is 23.5 Å². The summed E-state index contributed by atoms with van der Waals surface area (Å²) < 4.78 is 46.5. The molecule has 0 saturated carbocycles. The minimum Gasteiger partial charge on any atom is -0.464 e. The van der Waals surface area contributed by atoms with Gasteiger partial charge in [-0.2, -0.15) is 13.2 Å². The molecule has 1 aromatic heterocycles. The van der Waals surface area contributed by atoms with Crippen molar-refractivity contribution in [3.8, 4) is 0 Å². The molecule has 1 aromatic rings. The van der Waals surface area contributed by atoms with Crippen LogP contribution in [0.15, 0.2) is 12.1 Å². The van der Waals surface area contributed by atoms with Crippen LogP contribution in [-0.4, -0.2) is 35.9 Å². The number of pyridine rings is 1. The number of carbonyl (C=O) groups excluding carboxylic acids is 2. The number of nitrogens with one attached hydrogen (secondary N) is 1. The maximum Gasteiger partial charge on any atom is 0.412 e. The van der Waals surface area contributed by atoms with Crippen molar-refractivity contribution in [2.75, 3.05) is 12.4 Å². The Morgan fingerprint density at radius 1 is 1.28 bits per heavy atom. The molecule has 0 aromatic carbocycles. The molecule has 25 heavy (non-hydrogen) atoms. The third-order valence-electron chi connectivity index (χ3n) is 2.43. The third kappa shape index (κ3) is 7.00. The highest BCUT2D eigenvalue weighted by atomic mass is 35.5. The van der Waals surface area contributed by atoms with Crippen molar-refractivity contribution >= 4 is 35.4 Å². The molecular weight excluding hydrogens is 365 g/mol. The Labute approximate surface area is 147 Å². The smallest absolute Gasteiger partial charge is 0.412 e. The van der Waals surface area contributed by atoms with Crippen LogP contribution >= 0.6 is 11.6 Å².